The van der Waals surface area contributed by atoms with Crippen molar-refractivity contribution in [3.63, 3.8) is 0 Å². The van der Waals surface area contributed by atoms with E-state index in [2.05, 4.69) is 0 Å². The first-order valence-corrected chi connectivity index (χ1v) is 5.94. The third kappa shape index (κ3) is 1.42. The summed E-state index contributed by atoms with van der Waals surface area (Å²) in [6, 6.07) is 3.27. The van der Waals surface area contributed by atoms with E-state index in [1.165, 1.54) is 12.1 Å². The second kappa shape index (κ2) is 3.03. The maximum Gasteiger partial charge on any atom is 0.178 e. The Morgan fingerprint density at radius 3 is 2.86 bits per heavy atom. The SMILES string of the molecule is N[C@H]1CCS(=O)(=O)c2ccc(F)cc21. The number of halogens is 1. The van der Waals surface area contributed by atoms with E-state index < -0.39 is 15.7 Å². The number of hydrogen-bond acceptors (Lipinski definition) is 3. The number of fused-ring (bicyclic) bond motifs is 1. The third-order valence-electron chi connectivity index (χ3n) is 2.40. The fourth-order valence-corrected chi connectivity index (χ4v) is 3.27. The van der Waals surface area contributed by atoms with Crippen molar-refractivity contribution in [2.75, 3.05) is 5.75 Å². The molecule has 1 aromatic carbocycles. The molecule has 2 rings (SSSR count). The molecule has 0 amide bonds. The third-order valence-corrected chi connectivity index (χ3v) is 4.22. The molecule has 1 aliphatic heterocycles. The Labute approximate surface area is 81.7 Å². The molecular formula is C9H10FNO2S. The van der Waals surface area contributed by atoms with Crippen molar-refractivity contribution in [1.82, 2.24) is 0 Å². The number of rotatable bonds is 0. The van der Waals surface area contributed by atoms with E-state index in [1.807, 2.05) is 0 Å². The van der Waals surface area contributed by atoms with Crippen LogP contribution in [0.25, 0.3) is 0 Å². The van der Waals surface area contributed by atoms with Crippen LogP contribution in [0.3, 0.4) is 0 Å². The minimum atomic E-state index is -3.24. The van der Waals surface area contributed by atoms with Crippen LogP contribution in [0.5, 0.6) is 0 Å². The summed E-state index contributed by atoms with van der Waals surface area (Å²) < 4.78 is 36.0. The van der Waals surface area contributed by atoms with Gasteiger partial charge >= 0.3 is 0 Å². The standard InChI is InChI=1S/C9H10FNO2S/c10-6-1-2-9-7(5-6)8(11)3-4-14(9,12)13/h1-2,5,8H,3-4,11H2/t8-/m0/s1. The van der Waals surface area contributed by atoms with Gasteiger partial charge in [-0.05, 0) is 30.2 Å². The Morgan fingerprint density at radius 1 is 1.43 bits per heavy atom. The summed E-state index contributed by atoms with van der Waals surface area (Å²) in [7, 11) is -3.24. The van der Waals surface area contributed by atoms with Gasteiger partial charge < -0.3 is 5.73 Å². The molecule has 2 N–H and O–H groups in total. The van der Waals surface area contributed by atoms with Crippen LogP contribution >= 0.6 is 0 Å². The van der Waals surface area contributed by atoms with Gasteiger partial charge in [0, 0.05) is 6.04 Å². The molecule has 0 spiro atoms. The lowest BCUT2D eigenvalue weighted by molar-refractivity contribution is 0.562. The van der Waals surface area contributed by atoms with Crippen LogP contribution in [0, 0.1) is 5.82 Å². The molecule has 0 radical (unpaired) electrons. The van der Waals surface area contributed by atoms with Crippen LogP contribution in [0.1, 0.15) is 18.0 Å². The Kier molecular flexibility index (Phi) is 2.08. The first-order valence-electron chi connectivity index (χ1n) is 4.28. The predicted octanol–water partition coefficient (Wildman–Crippen LogP) is 1.00. The second-order valence-corrected chi connectivity index (χ2v) is 5.47. The molecule has 14 heavy (non-hydrogen) atoms. The molecule has 1 heterocycles. The lowest BCUT2D eigenvalue weighted by atomic mass is 10.1. The van der Waals surface area contributed by atoms with Crippen LogP contribution in [0.15, 0.2) is 23.1 Å². The summed E-state index contributed by atoms with van der Waals surface area (Å²) in [5.41, 5.74) is 6.10. The molecule has 0 aromatic heterocycles. The van der Waals surface area contributed by atoms with E-state index in [9.17, 15) is 12.8 Å². The largest absolute Gasteiger partial charge is 0.324 e. The Hall–Kier alpha value is -0.940. The van der Waals surface area contributed by atoms with Gasteiger partial charge in [0.25, 0.3) is 0 Å². The van der Waals surface area contributed by atoms with Gasteiger partial charge in [0.2, 0.25) is 0 Å². The van der Waals surface area contributed by atoms with Gasteiger partial charge in [0.1, 0.15) is 5.82 Å². The molecule has 1 aromatic rings. The first kappa shape index (κ1) is 9.61. The smallest absolute Gasteiger partial charge is 0.178 e. The number of hydrogen-bond donors (Lipinski definition) is 1. The average molecular weight is 215 g/mol. The highest BCUT2D eigenvalue weighted by Gasteiger charge is 2.28. The van der Waals surface area contributed by atoms with Crippen LogP contribution in [-0.2, 0) is 9.84 Å². The number of nitrogens with two attached hydrogens (primary N) is 1. The molecule has 0 bridgehead atoms. The Bertz CT molecular complexity index is 470. The fraction of sp³-hybridized carbons (Fsp3) is 0.333. The average Bonchev–Trinajstić information content (AvgIpc) is 2.12. The highest BCUT2D eigenvalue weighted by molar-refractivity contribution is 7.91. The van der Waals surface area contributed by atoms with E-state index in [1.54, 1.807) is 0 Å². The van der Waals surface area contributed by atoms with Gasteiger partial charge in [0.05, 0.1) is 10.6 Å². The summed E-state index contributed by atoms with van der Waals surface area (Å²) in [5, 5.41) is 0. The molecule has 1 aliphatic rings. The van der Waals surface area contributed by atoms with Gasteiger partial charge in [-0.15, -0.1) is 0 Å². The molecule has 76 valence electrons. The van der Waals surface area contributed by atoms with Crippen LogP contribution in [0.4, 0.5) is 4.39 Å². The minimum Gasteiger partial charge on any atom is -0.324 e. The summed E-state index contributed by atoms with van der Waals surface area (Å²) in [5.74, 6) is -0.399. The van der Waals surface area contributed by atoms with E-state index in [0.29, 0.717) is 12.0 Å². The summed E-state index contributed by atoms with van der Waals surface area (Å²) >= 11 is 0. The number of benzene rings is 1. The molecular weight excluding hydrogens is 205 g/mol. The lowest BCUT2D eigenvalue weighted by Crippen LogP contribution is -2.25. The van der Waals surface area contributed by atoms with Crippen LogP contribution in [0.2, 0.25) is 0 Å². The van der Waals surface area contributed by atoms with Gasteiger partial charge in [-0.1, -0.05) is 0 Å². The minimum absolute atomic E-state index is 0.0484. The monoisotopic (exact) mass is 215 g/mol. The van der Waals surface area contributed by atoms with E-state index in [0.717, 1.165) is 6.07 Å². The second-order valence-electron chi connectivity index (χ2n) is 3.40. The van der Waals surface area contributed by atoms with Crippen molar-refractivity contribution in [3.05, 3.63) is 29.6 Å². The lowest BCUT2D eigenvalue weighted by Gasteiger charge is -2.21. The molecule has 0 saturated carbocycles. The number of sulfone groups is 1. The van der Waals surface area contributed by atoms with E-state index in [4.69, 9.17) is 5.73 Å². The quantitative estimate of drug-likeness (QED) is 0.657. The van der Waals surface area contributed by atoms with Gasteiger partial charge in [-0.3, -0.25) is 0 Å². The first-order chi connectivity index (χ1) is 6.50. The zero-order chi connectivity index (χ0) is 10.3. The van der Waals surface area contributed by atoms with E-state index in [-0.39, 0.29) is 16.7 Å². The highest BCUT2D eigenvalue weighted by atomic mass is 32.2. The van der Waals surface area contributed by atoms with Crippen molar-refractivity contribution in [2.24, 2.45) is 5.73 Å². The topological polar surface area (TPSA) is 60.2 Å². The highest BCUT2D eigenvalue weighted by Crippen LogP contribution is 2.30. The molecule has 0 aliphatic carbocycles. The summed E-state index contributed by atoms with van der Waals surface area (Å²) in [6.45, 7) is 0. The maximum absolute atomic E-state index is 12.9. The molecule has 1 atom stereocenters. The van der Waals surface area contributed by atoms with Crippen LogP contribution < -0.4 is 5.73 Å². The Balaban J connectivity index is 2.69. The summed E-state index contributed by atoms with van der Waals surface area (Å²) in [4.78, 5) is 0.178. The van der Waals surface area contributed by atoms with Gasteiger partial charge in [-0.2, -0.15) is 0 Å². The van der Waals surface area contributed by atoms with Gasteiger partial charge in [-0.25, -0.2) is 12.8 Å². The zero-order valence-electron chi connectivity index (χ0n) is 7.40. The van der Waals surface area contributed by atoms with Crippen molar-refractivity contribution < 1.29 is 12.8 Å². The molecule has 0 unspecified atom stereocenters. The Morgan fingerprint density at radius 2 is 2.14 bits per heavy atom. The van der Waals surface area contributed by atoms with Crippen molar-refractivity contribution in [1.29, 1.82) is 0 Å². The van der Waals surface area contributed by atoms with Crippen LogP contribution in [-0.4, -0.2) is 14.2 Å². The normalized spacial score (nSPS) is 24.3. The zero-order valence-corrected chi connectivity index (χ0v) is 8.22. The fourth-order valence-electron chi connectivity index (χ4n) is 1.64. The summed E-state index contributed by atoms with van der Waals surface area (Å²) in [6.07, 6.45) is 0.360. The van der Waals surface area contributed by atoms with Crippen molar-refractivity contribution >= 4 is 9.84 Å². The van der Waals surface area contributed by atoms with E-state index >= 15 is 0 Å². The molecule has 0 fully saturated rings. The molecule has 3 nitrogen and oxygen atoms in total. The molecule has 5 heteroatoms. The maximum atomic E-state index is 12.9. The molecule has 0 saturated heterocycles. The van der Waals surface area contributed by atoms with Crippen molar-refractivity contribution in [3.8, 4) is 0 Å². The van der Waals surface area contributed by atoms with Gasteiger partial charge in [0.15, 0.2) is 9.84 Å². The van der Waals surface area contributed by atoms with Crippen molar-refractivity contribution in [2.45, 2.75) is 17.4 Å². The predicted molar refractivity (Wildman–Crippen MR) is 50.0 cm³/mol.